The van der Waals surface area contributed by atoms with Gasteiger partial charge in [0.25, 0.3) is 0 Å². The van der Waals surface area contributed by atoms with Crippen molar-refractivity contribution < 1.29 is 9.30 Å². The van der Waals surface area contributed by atoms with E-state index >= 15 is 0 Å². The van der Waals surface area contributed by atoms with Crippen LogP contribution in [0, 0.1) is 0 Å². The number of nitrogens with zero attached hydrogens (tertiary/aromatic N) is 1. The van der Waals surface area contributed by atoms with Gasteiger partial charge in [-0.15, -0.1) is 0 Å². The van der Waals surface area contributed by atoms with Crippen molar-refractivity contribution in [2.24, 2.45) is 7.05 Å². The predicted octanol–water partition coefficient (Wildman–Crippen LogP) is 1.63. The van der Waals surface area contributed by atoms with E-state index in [9.17, 15) is 0 Å². The second kappa shape index (κ2) is 3.31. The minimum Gasteiger partial charge on any atom is -0.421 e. The van der Waals surface area contributed by atoms with Crippen LogP contribution in [-0.4, -0.2) is 4.98 Å². The Morgan fingerprint density at radius 2 is 2.00 bits per heavy atom. The average molecular weight is 175 g/mol. The predicted molar refractivity (Wildman–Crippen MR) is 48.5 cm³/mol. The Bertz CT molecular complexity index is 381. The highest BCUT2D eigenvalue weighted by Crippen LogP contribution is 2.16. The molecule has 13 heavy (non-hydrogen) atoms. The van der Waals surface area contributed by atoms with Crippen molar-refractivity contribution in [2.45, 2.75) is 0 Å². The van der Waals surface area contributed by atoms with Crippen LogP contribution in [0.5, 0.6) is 11.6 Å². The van der Waals surface area contributed by atoms with Gasteiger partial charge in [0.1, 0.15) is 5.75 Å². The molecule has 1 aromatic heterocycles. The zero-order valence-electron chi connectivity index (χ0n) is 7.40. The van der Waals surface area contributed by atoms with E-state index in [1.807, 2.05) is 54.5 Å². The van der Waals surface area contributed by atoms with E-state index in [2.05, 4.69) is 4.98 Å². The molecule has 0 fully saturated rings. The lowest BCUT2D eigenvalue weighted by molar-refractivity contribution is -0.670. The molecule has 1 heterocycles. The largest absolute Gasteiger partial charge is 0.421 e. The summed E-state index contributed by atoms with van der Waals surface area (Å²) in [7, 11) is 1.94. The van der Waals surface area contributed by atoms with Gasteiger partial charge in [-0.3, -0.25) is 0 Å². The first-order valence-corrected chi connectivity index (χ1v) is 4.11. The Morgan fingerprint density at radius 3 is 2.62 bits per heavy atom. The van der Waals surface area contributed by atoms with E-state index in [1.165, 1.54) is 0 Å². The van der Waals surface area contributed by atoms with E-state index in [4.69, 9.17) is 4.74 Å². The normalized spacial score (nSPS) is 9.92. The van der Waals surface area contributed by atoms with Crippen LogP contribution in [-0.2, 0) is 7.05 Å². The Labute approximate surface area is 76.6 Å². The second-order valence-electron chi connectivity index (χ2n) is 2.85. The number of aromatic nitrogens is 2. The molecule has 0 saturated carbocycles. The molecule has 2 aromatic rings. The van der Waals surface area contributed by atoms with Gasteiger partial charge in [-0.1, -0.05) is 18.2 Å². The maximum Gasteiger partial charge on any atom is 0.327 e. The van der Waals surface area contributed by atoms with Crippen LogP contribution in [0.15, 0.2) is 42.9 Å². The van der Waals surface area contributed by atoms with Crippen molar-refractivity contribution in [3.8, 4) is 11.6 Å². The number of aryl methyl sites for hydroxylation is 1. The molecule has 66 valence electrons. The van der Waals surface area contributed by atoms with E-state index in [-0.39, 0.29) is 0 Å². The first kappa shape index (κ1) is 7.86. The van der Waals surface area contributed by atoms with Crippen LogP contribution < -0.4 is 9.30 Å². The number of nitrogens with one attached hydrogen (secondary N) is 1. The van der Waals surface area contributed by atoms with Crippen LogP contribution in [0.2, 0.25) is 0 Å². The number of benzene rings is 1. The third-order valence-corrected chi connectivity index (χ3v) is 1.70. The molecule has 0 radical (unpaired) electrons. The Kier molecular flexibility index (Phi) is 2.00. The van der Waals surface area contributed by atoms with Crippen LogP contribution >= 0.6 is 0 Å². The summed E-state index contributed by atoms with van der Waals surface area (Å²) in [4.78, 5) is 2.99. The SMILES string of the molecule is C[n+]1c[nH]c(Oc2ccccc2)c1. The lowest BCUT2D eigenvalue weighted by Crippen LogP contribution is -2.22. The van der Waals surface area contributed by atoms with Gasteiger partial charge in [0.15, 0.2) is 6.20 Å². The summed E-state index contributed by atoms with van der Waals surface area (Å²) in [6, 6.07) is 9.68. The quantitative estimate of drug-likeness (QED) is 0.690. The van der Waals surface area contributed by atoms with Gasteiger partial charge in [0.2, 0.25) is 6.33 Å². The topological polar surface area (TPSA) is 28.9 Å². The molecule has 0 saturated heterocycles. The molecule has 1 aromatic carbocycles. The first-order chi connectivity index (χ1) is 6.34. The third-order valence-electron chi connectivity index (χ3n) is 1.70. The fraction of sp³-hybridized carbons (Fsp3) is 0.100. The van der Waals surface area contributed by atoms with Gasteiger partial charge < -0.3 is 4.74 Å². The summed E-state index contributed by atoms with van der Waals surface area (Å²) >= 11 is 0. The van der Waals surface area contributed by atoms with Gasteiger partial charge in [0, 0.05) is 0 Å². The minimum atomic E-state index is 0.744. The molecule has 3 heteroatoms. The fourth-order valence-corrected chi connectivity index (χ4v) is 1.10. The number of hydrogen-bond donors (Lipinski definition) is 1. The van der Waals surface area contributed by atoms with Crippen molar-refractivity contribution in [1.82, 2.24) is 4.98 Å². The zero-order chi connectivity index (χ0) is 9.10. The Morgan fingerprint density at radius 1 is 1.23 bits per heavy atom. The Balaban J connectivity index is 2.15. The van der Waals surface area contributed by atoms with E-state index in [1.54, 1.807) is 0 Å². The van der Waals surface area contributed by atoms with Crippen molar-refractivity contribution in [3.63, 3.8) is 0 Å². The molecular formula is C10H11N2O+. The van der Waals surface area contributed by atoms with Crippen LogP contribution in [0.1, 0.15) is 0 Å². The van der Waals surface area contributed by atoms with Crippen molar-refractivity contribution in [2.75, 3.05) is 0 Å². The van der Waals surface area contributed by atoms with Gasteiger partial charge in [-0.25, -0.2) is 9.55 Å². The molecule has 0 spiro atoms. The van der Waals surface area contributed by atoms with Gasteiger partial charge >= 0.3 is 5.88 Å². The molecule has 0 aliphatic rings. The third kappa shape index (κ3) is 1.87. The first-order valence-electron chi connectivity index (χ1n) is 4.11. The van der Waals surface area contributed by atoms with Gasteiger partial charge in [0.05, 0.1) is 7.05 Å². The summed E-state index contributed by atoms with van der Waals surface area (Å²) in [6.07, 6.45) is 3.71. The van der Waals surface area contributed by atoms with Gasteiger partial charge in [-0.05, 0) is 12.1 Å². The second-order valence-corrected chi connectivity index (χ2v) is 2.85. The highest BCUT2D eigenvalue weighted by molar-refractivity contribution is 5.24. The van der Waals surface area contributed by atoms with E-state index < -0.39 is 0 Å². The molecule has 2 rings (SSSR count). The summed E-state index contributed by atoms with van der Waals surface area (Å²) in [6.45, 7) is 0. The Hall–Kier alpha value is -1.77. The average Bonchev–Trinajstić information content (AvgIpc) is 2.53. The minimum absolute atomic E-state index is 0.744. The molecule has 0 atom stereocenters. The number of ether oxygens (including phenoxy) is 1. The zero-order valence-corrected chi connectivity index (χ0v) is 7.40. The molecule has 3 nitrogen and oxygen atoms in total. The highest BCUT2D eigenvalue weighted by Gasteiger charge is 2.03. The summed E-state index contributed by atoms with van der Waals surface area (Å²) < 4.78 is 7.42. The standard InChI is InChI=1S/C10H10N2O/c1-12-7-10(11-8-12)13-9-5-3-2-4-6-9/h2-8H,1H3/p+1. The number of hydrogen-bond acceptors (Lipinski definition) is 1. The maximum absolute atomic E-state index is 5.52. The molecule has 1 N–H and O–H groups in total. The summed E-state index contributed by atoms with van der Waals surface area (Å²) in [5.41, 5.74) is 0. The van der Waals surface area contributed by atoms with Crippen LogP contribution in [0.25, 0.3) is 0 Å². The van der Waals surface area contributed by atoms with Crippen molar-refractivity contribution in [1.29, 1.82) is 0 Å². The monoisotopic (exact) mass is 175 g/mol. The highest BCUT2D eigenvalue weighted by atomic mass is 16.5. The van der Waals surface area contributed by atoms with Gasteiger partial charge in [-0.2, -0.15) is 0 Å². The molecular weight excluding hydrogens is 164 g/mol. The molecule has 0 bridgehead atoms. The van der Waals surface area contributed by atoms with Crippen molar-refractivity contribution in [3.05, 3.63) is 42.9 Å². The molecule has 0 aliphatic heterocycles. The number of H-pyrrole nitrogens is 1. The van der Waals surface area contributed by atoms with E-state index in [0.29, 0.717) is 0 Å². The van der Waals surface area contributed by atoms with Crippen molar-refractivity contribution >= 4 is 0 Å². The van der Waals surface area contributed by atoms with Crippen LogP contribution in [0.4, 0.5) is 0 Å². The number of rotatable bonds is 2. The molecule has 0 aliphatic carbocycles. The molecule has 0 unspecified atom stereocenters. The van der Waals surface area contributed by atoms with E-state index in [0.717, 1.165) is 11.6 Å². The fourth-order valence-electron chi connectivity index (χ4n) is 1.10. The summed E-state index contributed by atoms with van der Waals surface area (Å²) in [5, 5.41) is 0. The smallest absolute Gasteiger partial charge is 0.327 e. The van der Waals surface area contributed by atoms with Crippen LogP contribution in [0.3, 0.4) is 0 Å². The maximum atomic E-state index is 5.52. The molecule has 0 amide bonds. The number of para-hydroxylation sites is 1. The lowest BCUT2D eigenvalue weighted by atomic mass is 10.3. The number of aromatic amines is 1. The number of imidazole rings is 1. The summed E-state index contributed by atoms with van der Waals surface area (Å²) in [5.74, 6) is 1.58. The lowest BCUT2D eigenvalue weighted by Gasteiger charge is -1.97.